The topological polar surface area (TPSA) is 38.7 Å². The zero-order valence-corrected chi connectivity index (χ0v) is 11.3. The van der Waals surface area contributed by atoms with Gasteiger partial charge in [-0.3, -0.25) is 9.79 Å². The van der Waals surface area contributed by atoms with Gasteiger partial charge in [0.05, 0.1) is 6.04 Å². The molecule has 18 heavy (non-hydrogen) atoms. The molecular formula is C15H21NO2. The van der Waals surface area contributed by atoms with Gasteiger partial charge in [0.25, 0.3) is 0 Å². The van der Waals surface area contributed by atoms with Crippen LogP contribution in [0.4, 0.5) is 0 Å². The van der Waals surface area contributed by atoms with Crippen molar-refractivity contribution in [3.63, 3.8) is 0 Å². The van der Waals surface area contributed by atoms with E-state index in [1.807, 2.05) is 50.4 Å². The molecule has 0 aliphatic heterocycles. The fraction of sp³-hybridized carbons (Fsp3) is 0.467. The van der Waals surface area contributed by atoms with E-state index in [1.165, 1.54) is 0 Å². The first kappa shape index (κ1) is 14.4. The van der Waals surface area contributed by atoms with Crippen molar-refractivity contribution < 1.29 is 9.53 Å². The van der Waals surface area contributed by atoms with Gasteiger partial charge in [0.1, 0.15) is 6.10 Å². The van der Waals surface area contributed by atoms with Crippen LogP contribution in [0.2, 0.25) is 0 Å². The summed E-state index contributed by atoms with van der Waals surface area (Å²) < 4.78 is 5.21. The maximum atomic E-state index is 11.1. The van der Waals surface area contributed by atoms with Gasteiger partial charge >= 0.3 is 5.97 Å². The highest BCUT2D eigenvalue weighted by Crippen LogP contribution is 2.07. The van der Waals surface area contributed by atoms with Crippen molar-refractivity contribution in [2.24, 2.45) is 4.99 Å². The summed E-state index contributed by atoms with van der Waals surface area (Å²) in [5.41, 5.74) is 1.09. The third kappa shape index (κ3) is 5.62. The van der Waals surface area contributed by atoms with Gasteiger partial charge in [0.15, 0.2) is 0 Å². The number of esters is 1. The molecule has 1 aromatic rings. The number of hydrogen-bond acceptors (Lipinski definition) is 3. The number of hydrogen-bond donors (Lipinski definition) is 0. The lowest BCUT2D eigenvalue weighted by molar-refractivity contribution is -0.148. The van der Waals surface area contributed by atoms with Gasteiger partial charge in [-0.25, -0.2) is 0 Å². The minimum atomic E-state index is -0.151. The SMILES string of the molecule is CCC(=O)OC(C)CC(C)N=Cc1ccccc1. The van der Waals surface area contributed by atoms with Crippen LogP contribution in [0, 0.1) is 0 Å². The number of carbonyl (C=O) groups excluding carboxylic acids is 1. The van der Waals surface area contributed by atoms with E-state index < -0.39 is 0 Å². The molecule has 98 valence electrons. The van der Waals surface area contributed by atoms with Gasteiger partial charge in [-0.2, -0.15) is 0 Å². The molecule has 2 unspecified atom stereocenters. The maximum Gasteiger partial charge on any atom is 0.305 e. The highest BCUT2D eigenvalue weighted by Gasteiger charge is 2.10. The van der Waals surface area contributed by atoms with Crippen LogP contribution in [0.25, 0.3) is 0 Å². The Morgan fingerprint density at radius 1 is 1.33 bits per heavy atom. The molecule has 0 aliphatic rings. The number of rotatable bonds is 6. The second-order valence-corrected chi connectivity index (χ2v) is 4.43. The molecule has 0 aromatic heterocycles. The zero-order valence-electron chi connectivity index (χ0n) is 11.3. The summed E-state index contributed by atoms with van der Waals surface area (Å²) >= 11 is 0. The predicted octanol–water partition coefficient (Wildman–Crippen LogP) is 3.23. The lowest BCUT2D eigenvalue weighted by Crippen LogP contribution is -2.18. The second kappa shape index (κ2) is 7.64. The van der Waals surface area contributed by atoms with Crippen LogP contribution in [-0.4, -0.2) is 24.3 Å². The van der Waals surface area contributed by atoms with Crippen LogP contribution >= 0.6 is 0 Å². The van der Waals surface area contributed by atoms with Gasteiger partial charge in [0, 0.05) is 19.1 Å². The smallest absolute Gasteiger partial charge is 0.305 e. The summed E-state index contributed by atoms with van der Waals surface area (Å²) in [6.45, 7) is 5.73. The summed E-state index contributed by atoms with van der Waals surface area (Å²) in [5, 5.41) is 0. The average Bonchev–Trinajstić information content (AvgIpc) is 2.37. The maximum absolute atomic E-state index is 11.1. The Morgan fingerprint density at radius 3 is 2.61 bits per heavy atom. The van der Waals surface area contributed by atoms with Gasteiger partial charge in [-0.05, 0) is 19.4 Å². The van der Waals surface area contributed by atoms with E-state index in [0.717, 1.165) is 12.0 Å². The first-order valence-corrected chi connectivity index (χ1v) is 6.39. The molecule has 2 atom stereocenters. The minimum absolute atomic E-state index is 0.0830. The van der Waals surface area contributed by atoms with Crippen LogP contribution in [-0.2, 0) is 9.53 Å². The standard InChI is InChI=1S/C15H21NO2/c1-4-15(17)18-13(3)10-12(2)16-11-14-8-6-5-7-9-14/h5-9,11-13H,4,10H2,1-3H3. The first-order valence-electron chi connectivity index (χ1n) is 6.39. The number of aliphatic imine (C=N–C) groups is 1. The highest BCUT2D eigenvalue weighted by atomic mass is 16.5. The van der Waals surface area contributed by atoms with E-state index in [0.29, 0.717) is 6.42 Å². The Hall–Kier alpha value is -1.64. The fourth-order valence-corrected chi connectivity index (χ4v) is 1.65. The van der Waals surface area contributed by atoms with Crippen molar-refractivity contribution in [2.75, 3.05) is 0 Å². The molecule has 0 spiro atoms. The minimum Gasteiger partial charge on any atom is -0.463 e. The molecule has 0 saturated heterocycles. The van der Waals surface area contributed by atoms with E-state index in [9.17, 15) is 4.79 Å². The lowest BCUT2D eigenvalue weighted by Gasteiger charge is -2.14. The first-order chi connectivity index (χ1) is 8.61. The number of ether oxygens (including phenoxy) is 1. The van der Waals surface area contributed by atoms with Gasteiger partial charge in [-0.15, -0.1) is 0 Å². The van der Waals surface area contributed by atoms with Crippen molar-refractivity contribution in [1.82, 2.24) is 0 Å². The molecule has 0 bridgehead atoms. The van der Waals surface area contributed by atoms with E-state index in [-0.39, 0.29) is 18.1 Å². The van der Waals surface area contributed by atoms with Crippen molar-refractivity contribution in [3.8, 4) is 0 Å². The summed E-state index contributed by atoms with van der Waals surface area (Å²) in [5.74, 6) is -0.151. The van der Waals surface area contributed by atoms with Crippen molar-refractivity contribution in [2.45, 2.75) is 45.8 Å². The van der Waals surface area contributed by atoms with E-state index in [4.69, 9.17) is 4.74 Å². The van der Waals surface area contributed by atoms with E-state index in [2.05, 4.69) is 4.99 Å². The molecule has 0 N–H and O–H groups in total. The number of carbonyl (C=O) groups is 1. The molecule has 0 heterocycles. The molecule has 0 radical (unpaired) electrons. The molecular weight excluding hydrogens is 226 g/mol. The molecule has 3 nitrogen and oxygen atoms in total. The van der Waals surface area contributed by atoms with Crippen molar-refractivity contribution >= 4 is 12.2 Å². The zero-order chi connectivity index (χ0) is 13.4. The monoisotopic (exact) mass is 247 g/mol. The molecule has 0 saturated carbocycles. The Labute approximate surface area is 109 Å². The largest absolute Gasteiger partial charge is 0.463 e. The molecule has 0 aliphatic carbocycles. The average molecular weight is 247 g/mol. The Bertz CT molecular complexity index is 387. The lowest BCUT2D eigenvalue weighted by atomic mass is 10.1. The number of benzene rings is 1. The van der Waals surface area contributed by atoms with Crippen LogP contribution in [0.15, 0.2) is 35.3 Å². The quantitative estimate of drug-likeness (QED) is 0.572. The second-order valence-electron chi connectivity index (χ2n) is 4.43. The van der Waals surface area contributed by atoms with Gasteiger partial charge in [-0.1, -0.05) is 37.3 Å². The summed E-state index contributed by atoms with van der Waals surface area (Å²) in [6.07, 6.45) is 2.94. The third-order valence-corrected chi connectivity index (χ3v) is 2.57. The molecule has 0 amide bonds. The Morgan fingerprint density at radius 2 is 2.00 bits per heavy atom. The van der Waals surface area contributed by atoms with E-state index in [1.54, 1.807) is 6.92 Å². The molecule has 3 heteroatoms. The predicted molar refractivity (Wildman–Crippen MR) is 74.0 cm³/mol. The van der Waals surface area contributed by atoms with Crippen molar-refractivity contribution in [1.29, 1.82) is 0 Å². The highest BCUT2D eigenvalue weighted by molar-refractivity contribution is 5.79. The number of nitrogens with zero attached hydrogens (tertiary/aromatic N) is 1. The molecule has 1 rings (SSSR count). The van der Waals surface area contributed by atoms with Crippen LogP contribution in [0.5, 0.6) is 0 Å². The van der Waals surface area contributed by atoms with Crippen LogP contribution < -0.4 is 0 Å². The molecule has 1 aromatic carbocycles. The summed E-state index contributed by atoms with van der Waals surface area (Å²) in [7, 11) is 0. The van der Waals surface area contributed by atoms with Crippen LogP contribution in [0.3, 0.4) is 0 Å². The Balaban J connectivity index is 2.39. The summed E-state index contributed by atoms with van der Waals surface area (Å²) in [4.78, 5) is 15.6. The fourth-order valence-electron chi connectivity index (χ4n) is 1.65. The van der Waals surface area contributed by atoms with Gasteiger partial charge in [0.2, 0.25) is 0 Å². The van der Waals surface area contributed by atoms with Gasteiger partial charge < -0.3 is 4.74 Å². The summed E-state index contributed by atoms with van der Waals surface area (Å²) in [6, 6.07) is 10.1. The third-order valence-electron chi connectivity index (χ3n) is 2.57. The normalized spacial score (nSPS) is 14.4. The van der Waals surface area contributed by atoms with Crippen molar-refractivity contribution in [3.05, 3.63) is 35.9 Å². The Kier molecular flexibility index (Phi) is 6.12. The van der Waals surface area contributed by atoms with Crippen LogP contribution in [0.1, 0.15) is 39.2 Å². The van der Waals surface area contributed by atoms with E-state index >= 15 is 0 Å². The molecule has 0 fully saturated rings.